The molecule has 0 bridgehead atoms. The maximum absolute atomic E-state index is 9.44. The number of pyridine rings is 1. The van der Waals surface area contributed by atoms with Gasteiger partial charge in [-0.15, -0.1) is 0 Å². The van der Waals surface area contributed by atoms with Gasteiger partial charge in [0.05, 0.1) is 6.61 Å². The molecule has 0 aromatic carbocycles. The molecule has 0 saturated carbocycles. The zero-order valence-electron chi connectivity index (χ0n) is 13.7. The van der Waals surface area contributed by atoms with Crippen molar-refractivity contribution in [1.29, 1.82) is 0 Å². The molecule has 0 unspecified atom stereocenters. The predicted octanol–water partition coefficient (Wildman–Crippen LogP) is 2.30. The summed E-state index contributed by atoms with van der Waals surface area (Å²) >= 11 is 0. The summed E-state index contributed by atoms with van der Waals surface area (Å²) in [5.74, 6) is 1.75. The lowest BCUT2D eigenvalue weighted by Crippen LogP contribution is -2.36. The standard InChI is InChI=1S/C17H29N3O/c1-4-5-16-10-15(13-21)11-17(18-16)20(3)12-14-6-8-19(2)9-7-14/h10-11,14,21H,4-9,12-13H2,1-3H3. The molecule has 1 N–H and O–H groups in total. The van der Waals surface area contributed by atoms with Crippen LogP contribution >= 0.6 is 0 Å². The monoisotopic (exact) mass is 291 g/mol. The van der Waals surface area contributed by atoms with Gasteiger partial charge in [0, 0.05) is 19.3 Å². The highest BCUT2D eigenvalue weighted by Gasteiger charge is 2.19. The fraction of sp³-hybridized carbons (Fsp3) is 0.706. The number of hydrogen-bond acceptors (Lipinski definition) is 4. The molecule has 0 aliphatic carbocycles. The van der Waals surface area contributed by atoms with Crippen molar-refractivity contribution in [2.24, 2.45) is 5.92 Å². The lowest BCUT2D eigenvalue weighted by Gasteiger charge is -2.32. The first-order valence-electron chi connectivity index (χ1n) is 8.12. The zero-order chi connectivity index (χ0) is 15.2. The number of aliphatic hydroxyl groups is 1. The highest BCUT2D eigenvalue weighted by Crippen LogP contribution is 2.21. The Morgan fingerprint density at radius 3 is 2.67 bits per heavy atom. The smallest absolute Gasteiger partial charge is 0.128 e. The molecule has 1 aromatic rings. The number of aliphatic hydroxyl groups excluding tert-OH is 1. The van der Waals surface area contributed by atoms with E-state index in [4.69, 9.17) is 4.98 Å². The Kier molecular flexibility index (Phi) is 6.00. The Hall–Kier alpha value is -1.13. The van der Waals surface area contributed by atoms with Crippen LogP contribution in [0.15, 0.2) is 12.1 Å². The normalized spacial score (nSPS) is 17.1. The van der Waals surface area contributed by atoms with Crippen LogP contribution in [0.1, 0.15) is 37.4 Å². The van der Waals surface area contributed by atoms with Crippen LogP contribution in [0.3, 0.4) is 0 Å². The Bertz CT molecular complexity index is 442. The van der Waals surface area contributed by atoms with E-state index in [1.807, 2.05) is 12.1 Å². The zero-order valence-corrected chi connectivity index (χ0v) is 13.7. The van der Waals surface area contributed by atoms with Gasteiger partial charge in [-0.3, -0.25) is 0 Å². The second kappa shape index (κ2) is 7.76. The highest BCUT2D eigenvalue weighted by molar-refractivity contribution is 5.42. The number of aromatic nitrogens is 1. The van der Waals surface area contributed by atoms with Crippen molar-refractivity contribution in [3.8, 4) is 0 Å². The van der Waals surface area contributed by atoms with Crippen LogP contribution in [0.5, 0.6) is 0 Å². The molecule has 4 heteroatoms. The number of piperidine rings is 1. The Labute approximate surface area is 128 Å². The quantitative estimate of drug-likeness (QED) is 0.873. The summed E-state index contributed by atoms with van der Waals surface area (Å²) in [6.45, 7) is 5.71. The van der Waals surface area contributed by atoms with Crippen LogP contribution in [-0.2, 0) is 13.0 Å². The lowest BCUT2D eigenvalue weighted by molar-refractivity contribution is 0.222. The number of rotatable bonds is 6. The Morgan fingerprint density at radius 1 is 1.33 bits per heavy atom. The van der Waals surface area contributed by atoms with Crippen LogP contribution in [-0.4, -0.2) is 48.7 Å². The summed E-state index contributed by atoms with van der Waals surface area (Å²) in [4.78, 5) is 9.42. The second-order valence-corrected chi connectivity index (χ2v) is 6.36. The van der Waals surface area contributed by atoms with E-state index in [1.54, 1.807) is 0 Å². The van der Waals surface area contributed by atoms with Gasteiger partial charge in [-0.05, 0) is 63.0 Å². The van der Waals surface area contributed by atoms with Crippen molar-refractivity contribution in [3.63, 3.8) is 0 Å². The summed E-state index contributed by atoms with van der Waals surface area (Å²) in [5.41, 5.74) is 2.06. The summed E-state index contributed by atoms with van der Waals surface area (Å²) in [6.07, 6.45) is 4.59. The first-order chi connectivity index (χ1) is 10.1. The van der Waals surface area contributed by atoms with E-state index >= 15 is 0 Å². The average Bonchev–Trinajstić information content (AvgIpc) is 2.49. The molecule has 2 heterocycles. The molecule has 1 fully saturated rings. The molecule has 0 atom stereocenters. The Balaban J connectivity index is 2.03. The van der Waals surface area contributed by atoms with Gasteiger partial charge in [0.2, 0.25) is 0 Å². The third-order valence-corrected chi connectivity index (χ3v) is 4.37. The van der Waals surface area contributed by atoms with Gasteiger partial charge in [-0.1, -0.05) is 13.3 Å². The van der Waals surface area contributed by atoms with Gasteiger partial charge in [0.25, 0.3) is 0 Å². The van der Waals surface area contributed by atoms with Crippen LogP contribution < -0.4 is 4.90 Å². The van der Waals surface area contributed by atoms with Crippen molar-refractivity contribution in [2.75, 3.05) is 38.6 Å². The van der Waals surface area contributed by atoms with Gasteiger partial charge < -0.3 is 14.9 Å². The molecule has 1 aliphatic rings. The number of anilines is 1. The summed E-state index contributed by atoms with van der Waals surface area (Å²) < 4.78 is 0. The topological polar surface area (TPSA) is 39.6 Å². The fourth-order valence-electron chi connectivity index (χ4n) is 3.03. The molecule has 0 radical (unpaired) electrons. The van der Waals surface area contributed by atoms with Gasteiger partial charge in [-0.25, -0.2) is 4.98 Å². The summed E-state index contributed by atoms with van der Waals surface area (Å²) in [6, 6.07) is 4.05. The van der Waals surface area contributed by atoms with Crippen LogP contribution in [0.25, 0.3) is 0 Å². The van der Waals surface area contributed by atoms with E-state index in [9.17, 15) is 5.11 Å². The van der Waals surface area contributed by atoms with Crippen LogP contribution in [0, 0.1) is 5.92 Å². The minimum absolute atomic E-state index is 0.0916. The van der Waals surface area contributed by atoms with Gasteiger partial charge >= 0.3 is 0 Å². The molecule has 0 amide bonds. The maximum Gasteiger partial charge on any atom is 0.128 e. The molecule has 1 aromatic heterocycles. The third-order valence-electron chi connectivity index (χ3n) is 4.37. The van der Waals surface area contributed by atoms with Crippen molar-refractivity contribution in [3.05, 3.63) is 23.4 Å². The van der Waals surface area contributed by atoms with E-state index in [-0.39, 0.29) is 6.61 Å². The molecular weight excluding hydrogens is 262 g/mol. The summed E-state index contributed by atoms with van der Waals surface area (Å²) in [7, 11) is 4.32. The summed E-state index contributed by atoms with van der Waals surface area (Å²) in [5, 5.41) is 9.44. The maximum atomic E-state index is 9.44. The number of hydrogen-bond donors (Lipinski definition) is 1. The predicted molar refractivity (Wildman–Crippen MR) is 87.6 cm³/mol. The average molecular weight is 291 g/mol. The van der Waals surface area contributed by atoms with Crippen LogP contribution in [0.2, 0.25) is 0 Å². The second-order valence-electron chi connectivity index (χ2n) is 6.36. The Morgan fingerprint density at radius 2 is 2.05 bits per heavy atom. The van der Waals surface area contributed by atoms with Gasteiger partial charge in [0.1, 0.15) is 5.82 Å². The first-order valence-corrected chi connectivity index (χ1v) is 8.12. The van der Waals surface area contributed by atoms with E-state index in [0.29, 0.717) is 0 Å². The fourth-order valence-corrected chi connectivity index (χ4v) is 3.03. The van der Waals surface area contributed by atoms with Gasteiger partial charge in [0.15, 0.2) is 0 Å². The van der Waals surface area contributed by atoms with Crippen LogP contribution in [0.4, 0.5) is 5.82 Å². The molecule has 118 valence electrons. The molecular formula is C17H29N3O. The third kappa shape index (κ3) is 4.68. The SMILES string of the molecule is CCCc1cc(CO)cc(N(C)CC2CCN(C)CC2)n1. The van der Waals surface area contributed by atoms with Crippen molar-refractivity contribution >= 4 is 5.82 Å². The molecule has 21 heavy (non-hydrogen) atoms. The minimum atomic E-state index is 0.0916. The van der Waals surface area contributed by atoms with E-state index < -0.39 is 0 Å². The lowest BCUT2D eigenvalue weighted by atomic mass is 9.96. The number of nitrogens with zero attached hydrogens (tertiary/aromatic N) is 3. The molecule has 2 rings (SSSR count). The van der Waals surface area contributed by atoms with E-state index in [1.165, 1.54) is 25.9 Å². The van der Waals surface area contributed by atoms with Gasteiger partial charge in [-0.2, -0.15) is 0 Å². The largest absolute Gasteiger partial charge is 0.392 e. The minimum Gasteiger partial charge on any atom is -0.392 e. The van der Waals surface area contributed by atoms with Crippen molar-refractivity contribution in [1.82, 2.24) is 9.88 Å². The van der Waals surface area contributed by atoms with E-state index in [2.05, 4.69) is 30.8 Å². The number of aryl methyl sites for hydroxylation is 1. The highest BCUT2D eigenvalue weighted by atomic mass is 16.3. The molecule has 4 nitrogen and oxygen atoms in total. The molecule has 0 spiro atoms. The van der Waals surface area contributed by atoms with Crippen molar-refractivity contribution < 1.29 is 5.11 Å². The molecule has 1 aliphatic heterocycles. The van der Waals surface area contributed by atoms with E-state index in [0.717, 1.165) is 42.4 Å². The molecule has 1 saturated heterocycles. The first kappa shape index (κ1) is 16.2. The van der Waals surface area contributed by atoms with Crippen molar-refractivity contribution in [2.45, 2.75) is 39.2 Å². The number of likely N-dealkylation sites (tertiary alicyclic amines) is 1.